The van der Waals surface area contributed by atoms with E-state index in [-0.39, 0.29) is 10.8 Å². The van der Waals surface area contributed by atoms with Crippen molar-refractivity contribution < 1.29 is 0 Å². The van der Waals surface area contributed by atoms with Crippen LogP contribution in [0.1, 0.15) is 68.1 Å². The zero-order chi connectivity index (χ0) is 15.8. The first-order chi connectivity index (χ1) is 9.59. The average Bonchev–Trinajstić information content (AvgIpc) is 2.93. The number of hydrogen-bond acceptors (Lipinski definition) is 3. The third-order valence-electron chi connectivity index (χ3n) is 3.94. The second-order valence-corrected chi connectivity index (χ2v) is 8.65. The van der Waals surface area contributed by atoms with Crippen molar-refractivity contribution in [3.8, 4) is 0 Å². The van der Waals surface area contributed by atoms with Gasteiger partial charge in [0.1, 0.15) is 5.82 Å². The Kier molecular flexibility index (Phi) is 4.29. The molecule has 0 atom stereocenters. The van der Waals surface area contributed by atoms with E-state index >= 15 is 0 Å². The molecule has 1 N–H and O–H groups in total. The predicted molar refractivity (Wildman–Crippen MR) is 90.2 cm³/mol. The number of imidazole rings is 1. The van der Waals surface area contributed by atoms with E-state index in [1.54, 1.807) is 0 Å². The van der Waals surface area contributed by atoms with Crippen molar-refractivity contribution in [3.63, 3.8) is 0 Å². The summed E-state index contributed by atoms with van der Waals surface area (Å²) >= 11 is 1.85. The Hall–Kier alpha value is -1.16. The van der Waals surface area contributed by atoms with Crippen LogP contribution in [0.2, 0.25) is 0 Å². The second kappa shape index (κ2) is 5.56. The van der Waals surface area contributed by atoms with Crippen molar-refractivity contribution in [1.82, 2.24) is 15.0 Å². The van der Waals surface area contributed by atoms with E-state index in [0.29, 0.717) is 0 Å². The summed E-state index contributed by atoms with van der Waals surface area (Å²) in [5, 5.41) is 1.24. The first-order valence-corrected chi connectivity index (χ1v) is 8.40. The summed E-state index contributed by atoms with van der Waals surface area (Å²) in [5.74, 6) is 1.000. The van der Waals surface area contributed by atoms with Crippen LogP contribution in [0.3, 0.4) is 0 Å². The summed E-state index contributed by atoms with van der Waals surface area (Å²) in [5.41, 5.74) is 2.67. The van der Waals surface area contributed by atoms with Crippen molar-refractivity contribution in [2.75, 3.05) is 0 Å². The van der Waals surface area contributed by atoms with Gasteiger partial charge in [-0.15, -0.1) is 11.3 Å². The first-order valence-electron chi connectivity index (χ1n) is 7.58. The molecule has 0 radical (unpaired) electrons. The van der Waals surface area contributed by atoms with Crippen molar-refractivity contribution in [2.24, 2.45) is 0 Å². The predicted octanol–water partition coefficient (Wildman–Crippen LogP) is 4.69. The van der Waals surface area contributed by atoms with Gasteiger partial charge in [-0.05, 0) is 25.7 Å². The molecule has 0 saturated carbocycles. The molecule has 0 bridgehead atoms. The van der Waals surface area contributed by atoms with Crippen LogP contribution < -0.4 is 0 Å². The highest BCUT2D eigenvalue weighted by Crippen LogP contribution is 2.32. The molecule has 2 heterocycles. The van der Waals surface area contributed by atoms with Gasteiger partial charge in [0.25, 0.3) is 0 Å². The molecule has 0 saturated heterocycles. The van der Waals surface area contributed by atoms with E-state index < -0.39 is 0 Å². The summed E-state index contributed by atoms with van der Waals surface area (Å²) in [6, 6.07) is 0. The Morgan fingerprint density at radius 3 is 2.29 bits per heavy atom. The summed E-state index contributed by atoms with van der Waals surface area (Å²) < 4.78 is 0. The number of aromatic amines is 1. The molecule has 2 rings (SSSR count). The Morgan fingerprint density at radius 2 is 1.81 bits per heavy atom. The minimum Gasteiger partial charge on any atom is -0.345 e. The maximum absolute atomic E-state index is 4.60. The number of aromatic nitrogens is 3. The zero-order valence-corrected chi connectivity index (χ0v) is 15.1. The molecular weight excluding hydrogens is 278 g/mol. The molecule has 4 heteroatoms. The maximum atomic E-state index is 4.60. The van der Waals surface area contributed by atoms with Gasteiger partial charge in [-0.25, -0.2) is 9.97 Å². The van der Waals surface area contributed by atoms with Crippen LogP contribution >= 0.6 is 11.3 Å². The lowest BCUT2D eigenvalue weighted by Gasteiger charge is -2.23. The quantitative estimate of drug-likeness (QED) is 0.890. The van der Waals surface area contributed by atoms with Gasteiger partial charge in [-0.1, -0.05) is 34.6 Å². The van der Waals surface area contributed by atoms with E-state index in [2.05, 4.69) is 56.5 Å². The lowest BCUT2D eigenvalue weighted by Crippen LogP contribution is -2.20. The molecule has 116 valence electrons. The van der Waals surface area contributed by atoms with Crippen molar-refractivity contribution in [3.05, 3.63) is 33.3 Å². The van der Waals surface area contributed by atoms with Crippen molar-refractivity contribution in [1.29, 1.82) is 0 Å². The number of hydrogen-bond donors (Lipinski definition) is 1. The van der Waals surface area contributed by atoms with Crippen LogP contribution in [0.25, 0.3) is 0 Å². The standard InChI is InChI=1S/C17H27N3S/c1-11-15(20-12(2)19-11)17(6,7)9-8-14-18-10-13(21-14)16(3,4)5/h10H,8-9H2,1-7H3,(H,19,20). The highest BCUT2D eigenvalue weighted by molar-refractivity contribution is 7.11. The Balaban J connectivity index is 2.08. The van der Waals surface area contributed by atoms with Crippen LogP contribution in [0, 0.1) is 13.8 Å². The summed E-state index contributed by atoms with van der Waals surface area (Å²) in [4.78, 5) is 13.9. The minimum atomic E-state index is 0.0961. The summed E-state index contributed by atoms with van der Waals surface area (Å²) in [6.07, 6.45) is 4.14. The van der Waals surface area contributed by atoms with Crippen LogP contribution in [0.15, 0.2) is 6.20 Å². The lowest BCUT2D eigenvalue weighted by molar-refractivity contribution is 0.464. The van der Waals surface area contributed by atoms with Crippen LogP contribution in [-0.2, 0) is 17.3 Å². The normalized spacial score (nSPS) is 12.9. The van der Waals surface area contributed by atoms with E-state index in [1.807, 2.05) is 24.5 Å². The fourth-order valence-electron chi connectivity index (χ4n) is 2.58. The Labute approximate surface area is 132 Å². The Morgan fingerprint density at radius 1 is 1.14 bits per heavy atom. The number of nitrogens with zero attached hydrogens (tertiary/aromatic N) is 2. The zero-order valence-electron chi connectivity index (χ0n) is 14.3. The molecule has 0 aliphatic carbocycles. The summed E-state index contributed by atoms with van der Waals surface area (Å²) in [7, 11) is 0. The molecule has 0 aromatic carbocycles. The molecular formula is C17H27N3S. The minimum absolute atomic E-state index is 0.0961. The van der Waals surface area contributed by atoms with Crippen molar-refractivity contribution >= 4 is 11.3 Å². The van der Waals surface area contributed by atoms with Gasteiger partial charge in [-0.3, -0.25) is 0 Å². The van der Waals surface area contributed by atoms with Crippen LogP contribution in [-0.4, -0.2) is 15.0 Å². The number of rotatable bonds is 4. The molecule has 0 fully saturated rings. The molecule has 0 aliphatic rings. The summed E-state index contributed by atoms with van der Waals surface area (Å²) in [6.45, 7) is 15.4. The van der Waals surface area contributed by atoms with E-state index in [4.69, 9.17) is 0 Å². The molecule has 2 aromatic heterocycles. The highest BCUT2D eigenvalue weighted by atomic mass is 32.1. The van der Waals surface area contributed by atoms with Gasteiger partial charge in [0.15, 0.2) is 0 Å². The molecule has 0 unspecified atom stereocenters. The van der Waals surface area contributed by atoms with Gasteiger partial charge in [0.2, 0.25) is 0 Å². The molecule has 0 spiro atoms. The van der Waals surface area contributed by atoms with Gasteiger partial charge < -0.3 is 4.98 Å². The van der Waals surface area contributed by atoms with E-state index in [1.165, 1.54) is 15.6 Å². The van der Waals surface area contributed by atoms with Crippen molar-refractivity contribution in [2.45, 2.75) is 72.1 Å². The number of thiazole rings is 1. The van der Waals surface area contributed by atoms with Gasteiger partial charge in [0.05, 0.1) is 10.7 Å². The highest BCUT2D eigenvalue weighted by Gasteiger charge is 2.26. The molecule has 2 aromatic rings. The number of aryl methyl sites for hydroxylation is 3. The van der Waals surface area contributed by atoms with Gasteiger partial charge in [0, 0.05) is 28.6 Å². The molecule has 0 amide bonds. The topological polar surface area (TPSA) is 41.6 Å². The number of H-pyrrole nitrogens is 1. The third-order valence-corrected chi connectivity index (χ3v) is 5.42. The third kappa shape index (κ3) is 3.73. The smallest absolute Gasteiger partial charge is 0.103 e. The largest absolute Gasteiger partial charge is 0.345 e. The number of nitrogens with one attached hydrogen (secondary N) is 1. The van der Waals surface area contributed by atoms with E-state index in [9.17, 15) is 0 Å². The molecule has 0 aliphatic heterocycles. The van der Waals surface area contributed by atoms with Gasteiger partial charge >= 0.3 is 0 Å². The average molecular weight is 305 g/mol. The van der Waals surface area contributed by atoms with E-state index in [0.717, 1.165) is 24.4 Å². The molecule has 3 nitrogen and oxygen atoms in total. The maximum Gasteiger partial charge on any atom is 0.103 e. The fourth-order valence-corrected chi connectivity index (χ4v) is 3.56. The fraction of sp³-hybridized carbons (Fsp3) is 0.647. The molecule has 21 heavy (non-hydrogen) atoms. The Bertz CT molecular complexity index is 614. The van der Waals surface area contributed by atoms with Crippen LogP contribution in [0.4, 0.5) is 0 Å². The first kappa shape index (κ1) is 16.2. The second-order valence-electron chi connectivity index (χ2n) is 7.53. The van der Waals surface area contributed by atoms with Gasteiger partial charge in [-0.2, -0.15) is 0 Å². The van der Waals surface area contributed by atoms with Crippen LogP contribution in [0.5, 0.6) is 0 Å². The monoisotopic (exact) mass is 305 g/mol. The SMILES string of the molecule is Cc1nc(C)c(C(C)(C)CCc2ncc(C(C)(C)C)s2)[nH]1. The lowest BCUT2D eigenvalue weighted by atomic mass is 9.83.